The van der Waals surface area contributed by atoms with Crippen LogP contribution in [0.3, 0.4) is 0 Å². The van der Waals surface area contributed by atoms with E-state index in [1.807, 2.05) is 24.3 Å². The zero-order valence-corrected chi connectivity index (χ0v) is 10.7. The number of β-amino-alcohol motifs (C(OH)–C–C–N with tert-alkyl or cyclic N) is 1. The van der Waals surface area contributed by atoms with Gasteiger partial charge in [-0.1, -0.05) is 23.7 Å². The topological polar surface area (TPSA) is 35.5 Å². The van der Waals surface area contributed by atoms with Crippen molar-refractivity contribution in [2.45, 2.75) is 12.5 Å². The van der Waals surface area contributed by atoms with E-state index in [2.05, 4.69) is 10.2 Å². The lowest BCUT2D eigenvalue weighted by atomic mass is 10.1. The van der Waals surface area contributed by atoms with Crippen molar-refractivity contribution in [3.63, 3.8) is 0 Å². The van der Waals surface area contributed by atoms with Gasteiger partial charge < -0.3 is 10.4 Å². The molecule has 2 N–H and O–H groups in total. The van der Waals surface area contributed by atoms with Gasteiger partial charge in [-0.25, -0.2) is 0 Å². The molecule has 1 atom stereocenters. The van der Waals surface area contributed by atoms with Crippen LogP contribution in [0.4, 0.5) is 0 Å². The van der Waals surface area contributed by atoms with Gasteiger partial charge in [0.25, 0.3) is 0 Å². The number of nitrogens with one attached hydrogen (secondary N) is 1. The van der Waals surface area contributed by atoms with Gasteiger partial charge in [0.2, 0.25) is 0 Å². The predicted octanol–water partition coefficient (Wildman–Crippen LogP) is 1.15. The number of piperazine rings is 1. The van der Waals surface area contributed by atoms with Crippen LogP contribution in [-0.2, 0) is 6.42 Å². The highest BCUT2D eigenvalue weighted by Crippen LogP contribution is 2.12. The molecule has 0 aliphatic carbocycles. The second kappa shape index (κ2) is 6.36. The fourth-order valence-electron chi connectivity index (χ4n) is 2.19. The Bertz CT molecular complexity index is 353. The number of halogens is 1. The van der Waals surface area contributed by atoms with Crippen LogP contribution in [0.2, 0.25) is 5.02 Å². The van der Waals surface area contributed by atoms with E-state index in [9.17, 15) is 5.11 Å². The Kier molecular flexibility index (Phi) is 4.80. The molecule has 94 valence electrons. The van der Waals surface area contributed by atoms with Crippen LogP contribution in [0.15, 0.2) is 24.3 Å². The highest BCUT2D eigenvalue weighted by Gasteiger charge is 2.14. The van der Waals surface area contributed by atoms with E-state index in [4.69, 9.17) is 11.6 Å². The van der Waals surface area contributed by atoms with Crippen LogP contribution in [0.25, 0.3) is 0 Å². The van der Waals surface area contributed by atoms with E-state index in [1.165, 1.54) is 0 Å². The molecule has 0 radical (unpaired) electrons. The van der Waals surface area contributed by atoms with Gasteiger partial charge in [-0.15, -0.1) is 0 Å². The molecule has 0 bridgehead atoms. The molecule has 1 aliphatic rings. The van der Waals surface area contributed by atoms with Crippen molar-refractivity contribution >= 4 is 11.6 Å². The summed E-state index contributed by atoms with van der Waals surface area (Å²) < 4.78 is 0. The van der Waals surface area contributed by atoms with E-state index in [0.29, 0.717) is 6.42 Å². The summed E-state index contributed by atoms with van der Waals surface area (Å²) >= 11 is 5.92. The molecule has 1 unspecified atom stereocenters. The first kappa shape index (κ1) is 12.8. The van der Waals surface area contributed by atoms with Gasteiger partial charge in [0.05, 0.1) is 6.10 Å². The molecule has 1 aliphatic heterocycles. The van der Waals surface area contributed by atoms with Gasteiger partial charge >= 0.3 is 0 Å². The first-order chi connectivity index (χ1) is 8.24. The third kappa shape index (κ3) is 4.28. The fraction of sp³-hybridized carbons (Fsp3) is 0.538. The monoisotopic (exact) mass is 254 g/mol. The largest absolute Gasteiger partial charge is 0.391 e. The van der Waals surface area contributed by atoms with Gasteiger partial charge in [0.15, 0.2) is 0 Å². The average Bonchev–Trinajstić information content (AvgIpc) is 2.30. The third-order valence-electron chi connectivity index (χ3n) is 3.04. The number of aliphatic hydroxyl groups excluding tert-OH is 1. The van der Waals surface area contributed by atoms with E-state index >= 15 is 0 Å². The maximum absolute atomic E-state index is 10.0. The molecule has 0 aromatic heterocycles. The van der Waals surface area contributed by atoms with Gasteiger partial charge in [-0.3, -0.25) is 4.90 Å². The molecule has 3 nitrogen and oxygen atoms in total. The standard InChI is InChI=1S/C13H19ClN2O/c14-12-3-1-2-11(8-12)9-13(17)10-16-6-4-15-5-7-16/h1-3,8,13,15,17H,4-7,9-10H2. The summed E-state index contributed by atoms with van der Waals surface area (Å²) in [5.41, 5.74) is 1.10. The molecule has 1 heterocycles. The first-order valence-electron chi connectivity index (χ1n) is 6.09. The number of benzene rings is 1. The highest BCUT2D eigenvalue weighted by molar-refractivity contribution is 6.30. The van der Waals surface area contributed by atoms with Crippen molar-refractivity contribution in [2.75, 3.05) is 32.7 Å². The molecule has 4 heteroatoms. The Morgan fingerprint density at radius 2 is 2.12 bits per heavy atom. The summed E-state index contributed by atoms with van der Waals surface area (Å²) in [6.07, 6.45) is 0.358. The predicted molar refractivity (Wildman–Crippen MR) is 70.5 cm³/mol. The van der Waals surface area contributed by atoms with Crippen LogP contribution >= 0.6 is 11.6 Å². The summed E-state index contributed by atoms with van der Waals surface area (Å²) in [6.45, 7) is 4.82. The quantitative estimate of drug-likeness (QED) is 0.846. The summed E-state index contributed by atoms with van der Waals surface area (Å²) in [4.78, 5) is 2.30. The van der Waals surface area contributed by atoms with E-state index in [0.717, 1.165) is 43.3 Å². The second-order valence-corrected chi connectivity index (χ2v) is 4.97. The number of rotatable bonds is 4. The smallest absolute Gasteiger partial charge is 0.0707 e. The molecule has 0 saturated carbocycles. The average molecular weight is 255 g/mol. The first-order valence-corrected chi connectivity index (χ1v) is 6.47. The van der Waals surface area contributed by atoms with Crippen LogP contribution < -0.4 is 5.32 Å². The summed E-state index contributed by atoms with van der Waals surface area (Å²) in [5.74, 6) is 0. The SMILES string of the molecule is OC(Cc1cccc(Cl)c1)CN1CCNCC1. The molecule has 17 heavy (non-hydrogen) atoms. The maximum atomic E-state index is 10.0. The zero-order valence-electron chi connectivity index (χ0n) is 9.90. The summed E-state index contributed by atoms with van der Waals surface area (Å²) in [6, 6.07) is 7.71. The highest BCUT2D eigenvalue weighted by atomic mass is 35.5. The molecule has 1 aromatic carbocycles. The fourth-order valence-corrected chi connectivity index (χ4v) is 2.41. The molecule has 1 fully saturated rings. The zero-order chi connectivity index (χ0) is 12.1. The number of aliphatic hydroxyl groups is 1. The lowest BCUT2D eigenvalue weighted by Gasteiger charge is -2.29. The molecule has 0 spiro atoms. The number of nitrogens with zero attached hydrogens (tertiary/aromatic N) is 1. The molecule has 2 rings (SSSR count). The van der Waals surface area contributed by atoms with E-state index < -0.39 is 0 Å². The number of hydrogen-bond donors (Lipinski definition) is 2. The minimum Gasteiger partial charge on any atom is -0.391 e. The maximum Gasteiger partial charge on any atom is 0.0707 e. The van der Waals surface area contributed by atoms with Gasteiger partial charge in [-0.2, -0.15) is 0 Å². The molecule has 1 saturated heterocycles. The van der Waals surface area contributed by atoms with Crippen molar-refractivity contribution in [1.82, 2.24) is 10.2 Å². The minimum absolute atomic E-state index is 0.313. The Morgan fingerprint density at radius 1 is 1.35 bits per heavy atom. The molecular formula is C13H19ClN2O. The van der Waals surface area contributed by atoms with E-state index in [1.54, 1.807) is 0 Å². The third-order valence-corrected chi connectivity index (χ3v) is 3.27. The molecule has 1 aromatic rings. The van der Waals surface area contributed by atoms with Gasteiger partial charge in [0, 0.05) is 37.7 Å². The summed E-state index contributed by atoms with van der Waals surface area (Å²) in [5, 5.41) is 14.1. The Morgan fingerprint density at radius 3 is 2.82 bits per heavy atom. The van der Waals surface area contributed by atoms with Crippen LogP contribution in [0, 0.1) is 0 Å². The van der Waals surface area contributed by atoms with E-state index in [-0.39, 0.29) is 6.10 Å². The Balaban J connectivity index is 1.82. The van der Waals surface area contributed by atoms with Gasteiger partial charge in [0.1, 0.15) is 0 Å². The molecular weight excluding hydrogens is 236 g/mol. The van der Waals surface area contributed by atoms with Crippen LogP contribution in [-0.4, -0.2) is 48.8 Å². The second-order valence-electron chi connectivity index (χ2n) is 4.54. The Hall–Kier alpha value is -0.610. The van der Waals surface area contributed by atoms with Crippen molar-refractivity contribution < 1.29 is 5.11 Å². The number of hydrogen-bond acceptors (Lipinski definition) is 3. The molecule has 0 amide bonds. The van der Waals surface area contributed by atoms with Crippen molar-refractivity contribution in [3.8, 4) is 0 Å². The lowest BCUT2D eigenvalue weighted by molar-refractivity contribution is 0.105. The van der Waals surface area contributed by atoms with Crippen LogP contribution in [0.1, 0.15) is 5.56 Å². The van der Waals surface area contributed by atoms with Gasteiger partial charge in [-0.05, 0) is 24.1 Å². The normalized spacial score (nSPS) is 19.2. The van der Waals surface area contributed by atoms with Crippen molar-refractivity contribution in [1.29, 1.82) is 0 Å². The lowest BCUT2D eigenvalue weighted by Crippen LogP contribution is -2.46. The van der Waals surface area contributed by atoms with Crippen molar-refractivity contribution in [2.24, 2.45) is 0 Å². The van der Waals surface area contributed by atoms with Crippen LogP contribution in [0.5, 0.6) is 0 Å². The van der Waals surface area contributed by atoms with Crippen molar-refractivity contribution in [3.05, 3.63) is 34.9 Å². The minimum atomic E-state index is -0.313. The summed E-state index contributed by atoms with van der Waals surface area (Å²) in [7, 11) is 0. The Labute approximate surface area is 107 Å².